The zero-order valence-electron chi connectivity index (χ0n) is 7.64. The minimum Gasteiger partial charge on any atom is -0.508 e. The quantitative estimate of drug-likeness (QED) is 0.482. The number of hydrogen-bond donors (Lipinski definition) is 4. The summed E-state index contributed by atoms with van der Waals surface area (Å²) in [7, 11) is 0. The Kier molecular flexibility index (Phi) is 2.09. The first-order valence-corrected chi connectivity index (χ1v) is 4.58. The lowest BCUT2D eigenvalue weighted by Crippen LogP contribution is -2.32. The Balaban J connectivity index is 2.54. The molecular weight excluding hydrogens is 182 g/mol. The Bertz CT molecular complexity index is 365. The molecule has 4 heteroatoms. The van der Waals surface area contributed by atoms with Gasteiger partial charge in [-0.2, -0.15) is 0 Å². The molecule has 4 nitrogen and oxygen atoms in total. The van der Waals surface area contributed by atoms with E-state index in [-0.39, 0.29) is 17.5 Å². The second-order valence-corrected chi connectivity index (χ2v) is 3.68. The van der Waals surface area contributed by atoms with Crippen LogP contribution in [0.15, 0.2) is 12.1 Å². The van der Waals surface area contributed by atoms with Gasteiger partial charge >= 0.3 is 0 Å². The largest absolute Gasteiger partial charge is 0.508 e. The van der Waals surface area contributed by atoms with Crippen molar-refractivity contribution in [2.75, 3.05) is 0 Å². The number of fused-ring (bicyclic) bond motifs is 1. The zero-order chi connectivity index (χ0) is 10.3. The summed E-state index contributed by atoms with van der Waals surface area (Å²) < 4.78 is 0. The van der Waals surface area contributed by atoms with Crippen LogP contribution in [0.5, 0.6) is 11.5 Å². The van der Waals surface area contributed by atoms with Gasteiger partial charge in [-0.15, -0.1) is 0 Å². The topological polar surface area (TPSA) is 86.7 Å². The van der Waals surface area contributed by atoms with E-state index in [2.05, 4.69) is 0 Å². The molecular formula is C10H13NO3. The van der Waals surface area contributed by atoms with Crippen LogP contribution < -0.4 is 5.73 Å². The lowest BCUT2D eigenvalue weighted by Gasteiger charge is -2.27. The van der Waals surface area contributed by atoms with E-state index in [0.29, 0.717) is 24.0 Å². The molecule has 0 saturated carbocycles. The Morgan fingerprint density at radius 1 is 1.29 bits per heavy atom. The summed E-state index contributed by atoms with van der Waals surface area (Å²) in [5.74, 6) is -0.0136. The molecule has 2 rings (SSSR count). The number of aliphatic hydroxyl groups excluding tert-OH is 1. The molecule has 1 aromatic carbocycles. The van der Waals surface area contributed by atoms with Gasteiger partial charge in [0.2, 0.25) is 0 Å². The van der Waals surface area contributed by atoms with Crippen molar-refractivity contribution in [2.45, 2.75) is 25.0 Å². The predicted octanol–water partition coefficient (Wildman–Crippen LogP) is 0.405. The molecule has 0 spiro atoms. The van der Waals surface area contributed by atoms with E-state index >= 15 is 0 Å². The number of benzene rings is 1. The highest BCUT2D eigenvalue weighted by molar-refractivity contribution is 5.48. The summed E-state index contributed by atoms with van der Waals surface area (Å²) in [4.78, 5) is 0. The number of hydrogen-bond acceptors (Lipinski definition) is 4. The number of phenolic OH excluding ortho intramolecular Hbond substituents is 2. The first kappa shape index (κ1) is 9.30. The summed E-state index contributed by atoms with van der Waals surface area (Å²) in [6, 6.07) is 2.42. The molecule has 1 aromatic rings. The zero-order valence-corrected chi connectivity index (χ0v) is 7.64. The number of aliphatic hydroxyl groups is 1. The standard InChI is InChI=1S/C10H13NO3/c11-8-2-1-6-7(10(8)14)3-5(12)4-9(6)13/h3-4,8,10,12-14H,1-2,11H2/t8-,10?/m1/s1. The second-order valence-electron chi connectivity index (χ2n) is 3.68. The van der Waals surface area contributed by atoms with Crippen LogP contribution in [-0.2, 0) is 6.42 Å². The molecule has 0 saturated heterocycles. The monoisotopic (exact) mass is 195 g/mol. The van der Waals surface area contributed by atoms with Crippen LogP contribution in [-0.4, -0.2) is 21.4 Å². The minimum atomic E-state index is -0.795. The van der Waals surface area contributed by atoms with Gasteiger partial charge in [-0.3, -0.25) is 0 Å². The van der Waals surface area contributed by atoms with Gasteiger partial charge in [-0.1, -0.05) is 0 Å². The summed E-state index contributed by atoms with van der Waals surface area (Å²) in [6.07, 6.45) is 0.489. The summed E-state index contributed by atoms with van der Waals surface area (Å²) in [5.41, 5.74) is 6.91. The lowest BCUT2D eigenvalue weighted by molar-refractivity contribution is 0.132. The average Bonchev–Trinajstić information content (AvgIpc) is 2.12. The molecule has 0 aromatic heterocycles. The second kappa shape index (κ2) is 3.15. The molecule has 0 heterocycles. The van der Waals surface area contributed by atoms with Crippen molar-refractivity contribution in [1.82, 2.24) is 0 Å². The highest BCUT2D eigenvalue weighted by Crippen LogP contribution is 2.37. The van der Waals surface area contributed by atoms with Crippen molar-refractivity contribution < 1.29 is 15.3 Å². The van der Waals surface area contributed by atoms with Crippen LogP contribution in [0.2, 0.25) is 0 Å². The first-order chi connectivity index (χ1) is 6.59. The molecule has 0 radical (unpaired) electrons. The Morgan fingerprint density at radius 2 is 2.00 bits per heavy atom. The van der Waals surface area contributed by atoms with E-state index in [0.717, 1.165) is 0 Å². The molecule has 1 aliphatic rings. The van der Waals surface area contributed by atoms with Gasteiger partial charge in [-0.05, 0) is 24.5 Å². The molecule has 5 N–H and O–H groups in total. The van der Waals surface area contributed by atoms with Crippen molar-refractivity contribution >= 4 is 0 Å². The Hall–Kier alpha value is -1.26. The molecule has 1 aliphatic carbocycles. The first-order valence-electron chi connectivity index (χ1n) is 4.58. The maximum Gasteiger partial charge on any atom is 0.122 e. The molecule has 1 unspecified atom stereocenters. The van der Waals surface area contributed by atoms with Gasteiger partial charge in [0.1, 0.15) is 11.5 Å². The third kappa shape index (κ3) is 1.32. The van der Waals surface area contributed by atoms with E-state index < -0.39 is 6.10 Å². The molecule has 0 amide bonds. The summed E-state index contributed by atoms with van der Waals surface area (Å²) in [5, 5.41) is 28.5. The van der Waals surface area contributed by atoms with Crippen molar-refractivity contribution in [3.05, 3.63) is 23.3 Å². The van der Waals surface area contributed by atoms with E-state index in [4.69, 9.17) is 5.73 Å². The Morgan fingerprint density at radius 3 is 2.71 bits per heavy atom. The van der Waals surface area contributed by atoms with E-state index in [1.54, 1.807) is 0 Å². The number of aromatic hydroxyl groups is 2. The van der Waals surface area contributed by atoms with Crippen LogP contribution >= 0.6 is 0 Å². The van der Waals surface area contributed by atoms with Gasteiger partial charge in [0.15, 0.2) is 0 Å². The molecule has 14 heavy (non-hydrogen) atoms. The maximum absolute atomic E-state index is 9.73. The molecule has 2 atom stereocenters. The Labute approximate surface area is 81.6 Å². The van der Waals surface area contributed by atoms with Crippen LogP contribution in [0.4, 0.5) is 0 Å². The predicted molar refractivity (Wildman–Crippen MR) is 51.0 cm³/mol. The van der Waals surface area contributed by atoms with E-state index in [9.17, 15) is 15.3 Å². The number of rotatable bonds is 0. The van der Waals surface area contributed by atoms with Crippen LogP contribution in [0, 0.1) is 0 Å². The summed E-state index contributed by atoms with van der Waals surface area (Å²) in [6.45, 7) is 0. The van der Waals surface area contributed by atoms with Crippen molar-refractivity contribution in [2.24, 2.45) is 5.73 Å². The fourth-order valence-electron chi connectivity index (χ4n) is 1.90. The highest BCUT2D eigenvalue weighted by Gasteiger charge is 2.27. The lowest BCUT2D eigenvalue weighted by atomic mass is 9.85. The average molecular weight is 195 g/mol. The molecule has 0 bridgehead atoms. The fourth-order valence-corrected chi connectivity index (χ4v) is 1.90. The van der Waals surface area contributed by atoms with Crippen molar-refractivity contribution in [3.8, 4) is 11.5 Å². The van der Waals surface area contributed by atoms with Gasteiger partial charge in [0.25, 0.3) is 0 Å². The van der Waals surface area contributed by atoms with Gasteiger partial charge in [-0.25, -0.2) is 0 Å². The molecule has 0 aliphatic heterocycles. The van der Waals surface area contributed by atoms with Gasteiger partial charge < -0.3 is 21.1 Å². The molecule has 76 valence electrons. The van der Waals surface area contributed by atoms with Gasteiger partial charge in [0.05, 0.1) is 6.10 Å². The minimum absolute atomic E-state index is 0.0333. The van der Waals surface area contributed by atoms with Crippen LogP contribution in [0.3, 0.4) is 0 Å². The van der Waals surface area contributed by atoms with E-state index in [1.807, 2.05) is 0 Å². The normalized spacial score (nSPS) is 25.9. The van der Waals surface area contributed by atoms with Crippen molar-refractivity contribution in [3.63, 3.8) is 0 Å². The van der Waals surface area contributed by atoms with Gasteiger partial charge in [0, 0.05) is 17.7 Å². The fraction of sp³-hybridized carbons (Fsp3) is 0.400. The van der Waals surface area contributed by atoms with E-state index in [1.165, 1.54) is 12.1 Å². The highest BCUT2D eigenvalue weighted by atomic mass is 16.3. The number of nitrogens with two attached hydrogens (primary N) is 1. The third-order valence-electron chi connectivity index (χ3n) is 2.70. The van der Waals surface area contributed by atoms with Crippen molar-refractivity contribution in [1.29, 1.82) is 0 Å². The third-order valence-corrected chi connectivity index (χ3v) is 2.70. The SMILES string of the molecule is N[C@@H]1CCc2c(O)cc(O)cc2C1O. The van der Waals surface area contributed by atoms with Crippen LogP contribution in [0.1, 0.15) is 23.7 Å². The summed E-state index contributed by atoms with van der Waals surface area (Å²) >= 11 is 0. The van der Waals surface area contributed by atoms with Crippen LogP contribution in [0.25, 0.3) is 0 Å². The smallest absolute Gasteiger partial charge is 0.122 e. The molecule has 0 fully saturated rings. The maximum atomic E-state index is 9.73. The number of phenols is 2.